The molecule has 4 amide bonds. The van der Waals surface area contributed by atoms with Gasteiger partial charge < -0.3 is 20.2 Å². The highest BCUT2D eigenvalue weighted by molar-refractivity contribution is 5.92. The molecular formula is C32H32N8O4. The minimum atomic E-state index is -0.875. The van der Waals surface area contributed by atoms with E-state index in [1.807, 2.05) is 48.5 Å². The third kappa shape index (κ3) is 5.65. The monoisotopic (exact) mass is 592 g/mol. The highest BCUT2D eigenvalue weighted by atomic mass is 16.3. The van der Waals surface area contributed by atoms with Crippen LogP contribution in [0.2, 0.25) is 0 Å². The Morgan fingerprint density at radius 3 is 2.55 bits per heavy atom. The number of likely N-dealkylation sites (N-methyl/N-ethyl adjacent to an activating group) is 1. The van der Waals surface area contributed by atoms with Crippen molar-refractivity contribution in [3.05, 3.63) is 89.5 Å². The average molecular weight is 593 g/mol. The Labute approximate surface area is 254 Å². The summed E-state index contributed by atoms with van der Waals surface area (Å²) in [5, 5.41) is 24.9. The van der Waals surface area contributed by atoms with Crippen molar-refractivity contribution in [1.29, 1.82) is 0 Å². The molecule has 2 saturated heterocycles. The SMILES string of the molecule is C#CCn1nc2cccc(CN3C[C@H]4N(C(=O)CN(C)N4C(=O)NCc4ccccc4)[C@@H](Cc4ccc(O)cc4)C3=O)c2n1. The van der Waals surface area contributed by atoms with Crippen LogP contribution in [-0.4, -0.2) is 90.1 Å². The molecule has 2 aliphatic heterocycles. The molecule has 2 fully saturated rings. The van der Waals surface area contributed by atoms with E-state index in [1.54, 1.807) is 41.2 Å². The summed E-state index contributed by atoms with van der Waals surface area (Å²) < 4.78 is 0. The number of rotatable bonds is 7. The number of hydrogen-bond donors (Lipinski definition) is 2. The van der Waals surface area contributed by atoms with Crippen LogP contribution in [-0.2, 0) is 35.6 Å². The van der Waals surface area contributed by atoms with E-state index in [2.05, 4.69) is 21.4 Å². The van der Waals surface area contributed by atoms with Gasteiger partial charge in [-0.25, -0.2) is 14.8 Å². The second-order valence-electron chi connectivity index (χ2n) is 10.9. The van der Waals surface area contributed by atoms with Gasteiger partial charge in [-0.1, -0.05) is 60.5 Å². The number of terminal acetylenes is 1. The molecule has 4 aromatic rings. The first-order valence-corrected chi connectivity index (χ1v) is 14.3. The topological polar surface area (TPSA) is 127 Å². The van der Waals surface area contributed by atoms with Gasteiger partial charge in [-0.05, 0) is 29.3 Å². The van der Waals surface area contributed by atoms with Gasteiger partial charge in [-0.2, -0.15) is 15.0 Å². The van der Waals surface area contributed by atoms with Crippen LogP contribution < -0.4 is 5.32 Å². The molecule has 2 N–H and O–H groups in total. The predicted molar refractivity (Wildman–Crippen MR) is 161 cm³/mol. The number of piperazine rings is 1. The highest BCUT2D eigenvalue weighted by Crippen LogP contribution is 2.30. The Morgan fingerprint density at radius 1 is 1.02 bits per heavy atom. The number of nitrogens with one attached hydrogen (secondary N) is 1. The maximum absolute atomic E-state index is 14.2. The Balaban J connectivity index is 1.34. The molecule has 44 heavy (non-hydrogen) atoms. The molecule has 3 aromatic carbocycles. The molecule has 0 spiro atoms. The fraction of sp³-hybridized carbons (Fsp3) is 0.281. The van der Waals surface area contributed by atoms with Crippen molar-refractivity contribution in [3.63, 3.8) is 0 Å². The van der Waals surface area contributed by atoms with Crippen molar-refractivity contribution >= 4 is 28.9 Å². The summed E-state index contributed by atoms with van der Waals surface area (Å²) >= 11 is 0. The number of phenolic OH excluding ortho intramolecular Hbond substituents is 1. The van der Waals surface area contributed by atoms with Crippen LogP contribution in [0.1, 0.15) is 16.7 Å². The lowest BCUT2D eigenvalue weighted by Gasteiger charge is -2.54. The Hall–Kier alpha value is -5.41. The van der Waals surface area contributed by atoms with Gasteiger partial charge in [0.1, 0.15) is 35.5 Å². The summed E-state index contributed by atoms with van der Waals surface area (Å²) in [6.07, 6.45) is 4.92. The predicted octanol–water partition coefficient (Wildman–Crippen LogP) is 1.95. The molecule has 0 unspecified atom stereocenters. The smallest absolute Gasteiger partial charge is 0.334 e. The first-order chi connectivity index (χ1) is 21.3. The highest BCUT2D eigenvalue weighted by Gasteiger charge is 2.50. The summed E-state index contributed by atoms with van der Waals surface area (Å²) in [5.74, 6) is 2.14. The number of hydrazine groups is 1. The first kappa shape index (κ1) is 28.7. The van der Waals surface area contributed by atoms with Crippen molar-refractivity contribution in [2.45, 2.75) is 38.3 Å². The van der Waals surface area contributed by atoms with Crippen LogP contribution in [0.25, 0.3) is 11.0 Å². The van der Waals surface area contributed by atoms with Crippen LogP contribution in [0.3, 0.4) is 0 Å². The third-order valence-corrected chi connectivity index (χ3v) is 7.93. The Bertz CT molecular complexity index is 1730. The van der Waals surface area contributed by atoms with E-state index < -0.39 is 12.2 Å². The van der Waals surface area contributed by atoms with E-state index in [0.717, 1.165) is 16.7 Å². The third-order valence-electron chi connectivity index (χ3n) is 7.93. The average Bonchev–Trinajstić information content (AvgIpc) is 3.43. The fourth-order valence-electron chi connectivity index (χ4n) is 5.88. The number of aromatic hydroxyl groups is 1. The molecule has 3 heterocycles. The minimum absolute atomic E-state index is 0.0633. The van der Waals surface area contributed by atoms with E-state index >= 15 is 0 Å². The number of phenols is 1. The van der Waals surface area contributed by atoms with Crippen LogP contribution in [0.5, 0.6) is 5.75 Å². The van der Waals surface area contributed by atoms with E-state index in [9.17, 15) is 19.5 Å². The lowest BCUT2D eigenvalue weighted by Crippen LogP contribution is -2.76. The van der Waals surface area contributed by atoms with Crippen LogP contribution in [0, 0.1) is 12.3 Å². The van der Waals surface area contributed by atoms with Gasteiger partial charge in [0, 0.05) is 32.1 Å². The first-order valence-electron chi connectivity index (χ1n) is 14.3. The summed E-state index contributed by atoms with van der Waals surface area (Å²) in [6, 6.07) is 20.4. The summed E-state index contributed by atoms with van der Waals surface area (Å²) in [4.78, 5) is 46.1. The minimum Gasteiger partial charge on any atom is -0.508 e. The molecule has 1 aromatic heterocycles. The maximum atomic E-state index is 14.2. The van der Waals surface area contributed by atoms with Crippen molar-refractivity contribution < 1.29 is 19.5 Å². The molecule has 0 aliphatic carbocycles. The van der Waals surface area contributed by atoms with Gasteiger partial charge in [0.2, 0.25) is 11.8 Å². The number of nitrogens with zero attached hydrogens (tertiary/aromatic N) is 7. The molecule has 2 aliphatic rings. The van der Waals surface area contributed by atoms with Gasteiger partial charge in [-0.15, -0.1) is 6.42 Å². The zero-order chi connectivity index (χ0) is 30.8. The largest absolute Gasteiger partial charge is 0.508 e. The molecule has 2 atom stereocenters. The molecular weight excluding hydrogens is 560 g/mol. The molecule has 0 bridgehead atoms. The number of aromatic nitrogens is 3. The molecule has 0 saturated carbocycles. The Morgan fingerprint density at radius 2 is 1.80 bits per heavy atom. The number of urea groups is 1. The summed E-state index contributed by atoms with van der Waals surface area (Å²) in [5.41, 5.74) is 3.76. The van der Waals surface area contributed by atoms with E-state index in [1.165, 1.54) is 14.7 Å². The zero-order valence-electron chi connectivity index (χ0n) is 24.2. The van der Waals surface area contributed by atoms with E-state index in [-0.39, 0.29) is 56.2 Å². The summed E-state index contributed by atoms with van der Waals surface area (Å²) in [6.45, 7) is 0.739. The van der Waals surface area contributed by atoms with Gasteiger partial charge in [0.25, 0.3) is 0 Å². The normalized spacial score (nSPS) is 18.8. The number of hydrogen-bond acceptors (Lipinski definition) is 7. The molecule has 12 nitrogen and oxygen atoms in total. The van der Waals surface area contributed by atoms with E-state index in [4.69, 9.17) is 6.42 Å². The van der Waals surface area contributed by atoms with Gasteiger partial charge >= 0.3 is 6.03 Å². The number of benzene rings is 3. The van der Waals surface area contributed by atoms with Crippen LogP contribution >= 0.6 is 0 Å². The number of fused-ring (bicyclic) bond motifs is 2. The van der Waals surface area contributed by atoms with Crippen molar-refractivity contribution in [1.82, 2.24) is 40.1 Å². The molecule has 224 valence electrons. The maximum Gasteiger partial charge on any atom is 0.334 e. The van der Waals surface area contributed by atoms with Gasteiger partial charge in [-0.3, -0.25) is 9.59 Å². The second-order valence-corrected chi connectivity index (χ2v) is 10.9. The fourth-order valence-corrected chi connectivity index (χ4v) is 5.88. The lowest BCUT2D eigenvalue weighted by atomic mass is 9.98. The van der Waals surface area contributed by atoms with E-state index in [0.29, 0.717) is 17.6 Å². The Kier molecular flexibility index (Phi) is 7.87. The second kappa shape index (κ2) is 12.1. The van der Waals surface area contributed by atoms with Gasteiger partial charge in [0.05, 0.1) is 13.1 Å². The number of amides is 4. The van der Waals surface area contributed by atoms with Crippen molar-refractivity contribution in [2.75, 3.05) is 20.1 Å². The summed E-state index contributed by atoms with van der Waals surface area (Å²) in [7, 11) is 1.69. The molecule has 12 heteroatoms. The van der Waals surface area contributed by atoms with Gasteiger partial charge in [0.15, 0.2) is 0 Å². The van der Waals surface area contributed by atoms with Crippen molar-refractivity contribution in [2.24, 2.45) is 0 Å². The standard InChI is InChI=1S/C32H32N8O4/c1-3-16-38-34-26-11-7-10-24(30(26)35-38)19-37-20-28-39(27(31(37)43)17-22-12-14-25(41)15-13-22)29(42)21-36(2)40(28)32(44)33-18-23-8-5-4-6-9-23/h1,4-15,27-28,41H,16-21H2,2H3,(H,33,44)/t27-,28-/m0/s1. The zero-order valence-corrected chi connectivity index (χ0v) is 24.2. The quantitative estimate of drug-likeness (QED) is 0.314. The van der Waals surface area contributed by atoms with Crippen LogP contribution in [0.4, 0.5) is 4.79 Å². The number of carbonyl (C=O) groups excluding carboxylic acids is 3. The lowest BCUT2D eigenvalue weighted by molar-refractivity contribution is -0.187. The molecule has 6 rings (SSSR count). The molecule has 0 radical (unpaired) electrons. The van der Waals surface area contributed by atoms with Crippen molar-refractivity contribution in [3.8, 4) is 18.1 Å². The number of carbonyl (C=O) groups is 3. The van der Waals surface area contributed by atoms with Crippen LogP contribution in [0.15, 0.2) is 72.8 Å².